The SMILES string of the molecule is CC[C@H](C)[C@H](NC(=O)[C@H](CC(N)=O)NC(=O)[C@H](Cc1c[nH]cn1)NC(=O)[C@@H](NC(=O)[C@@H]1CCCN1C(=O)[C@H](CCCNC(=N)N)NC(=O)[C@H](Cc1ccc(O)cc1)NC(=O)CNC(=O)[C@@H](N)CS)C(C)C)C(=O)N[C@@H](CCCNC(=N)N)C(=O)NCC(=O)N[C@@H](Cc1c[nH]cn1)C(=O)NCC(=O)N[C@@H](C)C(=O)N1CCC[C@H]1C(=O)NCC(=O)O. The number of likely N-dealkylation sites (tertiary alicyclic amines) is 2. The highest BCUT2D eigenvalue weighted by molar-refractivity contribution is 7.80. The number of aromatic nitrogens is 4. The largest absolute Gasteiger partial charge is 0.508 e. The zero-order chi connectivity index (χ0) is 88.2. The molecule has 0 radical (unpaired) electrons. The molecule has 0 spiro atoms. The lowest BCUT2D eigenvalue weighted by atomic mass is 9.96. The minimum absolute atomic E-state index is 0.00488. The molecule has 0 saturated carbocycles. The number of benzene rings is 1. The van der Waals surface area contributed by atoms with Crippen LogP contribution >= 0.6 is 12.6 Å². The molecule has 2 aromatic heterocycles. The molecule has 5 rings (SSSR count). The van der Waals surface area contributed by atoms with Gasteiger partial charge in [-0.1, -0.05) is 46.2 Å². The fourth-order valence-electron chi connectivity index (χ4n) is 12.7. The number of thiol groups is 1. The average molecular weight is 1690 g/mol. The van der Waals surface area contributed by atoms with Crippen LogP contribution in [0.2, 0.25) is 0 Å². The van der Waals surface area contributed by atoms with Gasteiger partial charge in [-0.15, -0.1) is 0 Å². The maximum Gasteiger partial charge on any atom is 0.322 e. The number of imidazole rings is 2. The minimum atomic E-state index is -1.87. The third-order valence-corrected chi connectivity index (χ3v) is 19.6. The van der Waals surface area contributed by atoms with Crippen LogP contribution in [0.15, 0.2) is 49.3 Å². The highest BCUT2D eigenvalue weighted by Gasteiger charge is 2.43. The number of primary amides is 1. The molecule has 16 amide bonds. The summed E-state index contributed by atoms with van der Waals surface area (Å²) in [5.74, 6) is -17.9. The number of aromatic amines is 2. The maximum atomic E-state index is 14.8. The molecule has 2 fully saturated rings. The van der Waals surface area contributed by atoms with Gasteiger partial charge >= 0.3 is 5.97 Å². The van der Waals surface area contributed by atoms with Crippen LogP contribution in [0.25, 0.3) is 0 Å². The second-order valence-electron chi connectivity index (χ2n) is 28.8. The van der Waals surface area contributed by atoms with Crippen molar-refractivity contribution in [3.05, 3.63) is 66.3 Å². The molecule has 119 heavy (non-hydrogen) atoms. The number of nitrogens with one attached hydrogen (secondary N) is 19. The molecule has 2 saturated heterocycles. The number of guanidine groups is 2. The van der Waals surface area contributed by atoms with Crippen molar-refractivity contribution in [3.63, 3.8) is 0 Å². The van der Waals surface area contributed by atoms with Gasteiger partial charge in [-0.05, 0) is 87.8 Å². The van der Waals surface area contributed by atoms with E-state index >= 15 is 0 Å². The summed E-state index contributed by atoms with van der Waals surface area (Å²) in [5, 5.41) is 71.9. The monoisotopic (exact) mass is 1690 g/mol. The summed E-state index contributed by atoms with van der Waals surface area (Å²) < 4.78 is 0. The first-order valence-corrected chi connectivity index (χ1v) is 39.2. The third kappa shape index (κ3) is 32.7. The predicted octanol–water partition coefficient (Wildman–Crippen LogP) is -8.86. The Balaban J connectivity index is 1.29. The van der Waals surface area contributed by atoms with Crippen LogP contribution < -0.4 is 103 Å². The van der Waals surface area contributed by atoms with Crippen molar-refractivity contribution in [2.45, 2.75) is 191 Å². The lowest BCUT2D eigenvalue weighted by molar-refractivity contribution is -0.143. The summed E-state index contributed by atoms with van der Waals surface area (Å²) in [6, 6.07) is -11.0. The van der Waals surface area contributed by atoms with Gasteiger partial charge in [0.15, 0.2) is 11.9 Å². The first-order valence-electron chi connectivity index (χ1n) is 38.6. The number of aromatic hydroxyl groups is 1. The zero-order valence-electron chi connectivity index (χ0n) is 66.6. The van der Waals surface area contributed by atoms with Gasteiger partial charge < -0.3 is 133 Å². The molecule has 29 N–H and O–H groups in total. The molecule has 0 bridgehead atoms. The highest BCUT2D eigenvalue weighted by Crippen LogP contribution is 2.23. The Kier molecular flexibility index (Phi) is 39.7. The number of nitrogens with zero attached hydrogens (tertiary/aromatic N) is 4. The van der Waals surface area contributed by atoms with Crippen molar-refractivity contribution in [1.82, 2.24) is 109 Å². The van der Waals surface area contributed by atoms with Crippen molar-refractivity contribution >= 4 is 125 Å². The molecular weight excluding hydrogens is 1580 g/mol. The average Bonchev–Trinajstić information content (AvgIpc) is 1.52. The lowest BCUT2D eigenvalue weighted by Crippen LogP contribution is -2.62. The summed E-state index contributed by atoms with van der Waals surface area (Å²) in [6.07, 6.45) is 4.80. The molecule has 47 heteroatoms. The number of carboxylic acids is 1. The molecule has 13 atom stereocenters. The Bertz CT molecular complexity index is 4040. The molecule has 0 unspecified atom stereocenters. The standard InChI is InChI=1S/C72H111N27O19S/c1-6-37(4)58(68(116)92-44(11-7-19-81-71(75)76)60(108)84-31-55(104)91-47(24-40-27-79-34-87-40)61(109)85-29-53(102)89-38(5)69(117)98-21-9-13-50(98)65(113)86-32-56(105)106)97-64(112)49(26-52(74)101)94-63(111)48(25-41-28-80-35-88-41)95-67(115)57(36(2)3)96-66(114)51-14-10-22-99(51)70(118)45(12-8-20-82-72(77)78)93-62(110)46(23-39-15-17-42(100)18-16-39)90-54(103)30-83-59(107)43(73)33-119/h15-18,27-28,34-38,43-51,57-58,100,119H,6-14,19-26,29-33,73H2,1-5H3,(H2,74,101)(H,79,87)(H,80,88)(H,83,107)(H,84,108)(H,85,109)(H,86,113)(H,89,102)(H,90,103)(H,91,104)(H,92,116)(H,93,110)(H,94,111)(H,95,115)(H,96,114)(H,97,112)(H,105,106)(H4,75,76,81)(H4,77,78,82)/t37-,38-,43-,44-,45-,46-,47-,48-,49-,50-,51-,57-,58-/m0/s1. The van der Waals surface area contributed by atoms with E-state index in [0.29, 0.717) is 12.0 Å². The van der Waals surface area contributed by atoms with Crippen molar-refractivity contribution in [3.8, 4) is 5.75 Å². The Morgan fingerprint density at radius 1 is 0.521 bits per heavy atom. The van der Waals surface area contributed by atoms with E-state index in [-0.39, 0.29) is 126 Å². The van der Waals surface area contributed by atoms with Gasteiger partial charge in [-0.2, -0.15) is 12.6 Å². The smallest absolute Gasteiger partial charge is 0.322 e. The van der Waals surface area contributed by atoms with E-state index < -0.39 is 223 Å². The summed E-state index contributed by atoms with van der Waals surface area (Å²) >= 11 is 4.00. The molecule has 3 aromatic rings. The summed E-state index contributed by atoms with van der Waals surface area (Å²) in [4.78, 5) is 249. The van der Waals surface area contributed by atoms with Gasteiger partial charge in [-0.3, -0.25) is 92.3 Å². The number of H-pyrrole nitrogens is 2. The van der Waals surface area contributed by atoms with Crippen molar-refractivity contribution in [1.29, 1.82) is 10.8 Å². The fraction of sp³-hybridized carbons (Fsp3) is 0.569. The highest BCUT2D eigenvalue weighted by atomic mass is 32.1. The minimum Gasteiger partial charge on any atom is -0.508 e. The first kappa shape index (κ1) is 96.9. The molecular formula is C72H111N27O19S. The van der Waals surface area contributed by atoms with Crippen LogP contribution in [0.4, 0.5) is 0 Å². The Hall–Kier alpha value is -12.7. The molecule has 2 aliphatic heterocycles. The van der Waals surface area contributed by atoms with E-state index in [9.17, 15) is 86.6 Å². The van der Waals surface area contributed by atoms with Gasteiger partial charge in [0.2, 0.25) is 94.5 Å². The summed E-state index contributed by atoms with van der Waals surface area (Å²) in [5.41, 5.74) is 23.4. The van der Waals surface area contributed by atoms with E-state index in [1.165, 1.54) is 66.0 Å². The molecule has 0 aliphatic carbocycles. The van der Waals surface area contributed by atoms with Crippen LogP contribution in [0.1, 0.15) is 116 Å². The number of hydrogen-bond donors (Lipinski definition) is 26. The van der Waals surface area contributed by atoms with E-state index in [0.717, 1.165) is 0 Å². The summed E-state index contributed by atoms with van der Waals surface area (Å²) in [6.45, 7) is 5.13. The number of aliphatic carboxylic acids is 1. The van der Waals surface area contributed by atoms with Gasteiger partial charge in [-0.25, -0.2) is 9.97 Å². The number of carboxylic acid groups (broad SMARTS) is 1. The van der Waals surface area contributed by atoms with Gasteiger partial charge in [0.1, 0.15) is 78.8 Å². The molecule has 654 valence electrons. The quantitative estimate of drug-likeness (QED) is 0.0108. The molecule has 2 aliphatic rings. The topological polar surface area (TPSA) is 727 Å². The number of nitrogens with two attached hydrogens (primary N) is 4. The number of phenolic OH excluding ortho intramolecular Hbond substituents is 1. The fourth-order valence-corrected chi connectivity index (χ4v) is 12.8. The molecule has 4 heterocycles. The van der Waals surface area contributed by atoms with Crippen LogP contribution in [-0.4, -0.2) is 283 Å². The van der Waals surface area contributed by atoms with E-state index in [2.05, 4.69) is 112 Å². The number of carbonyl (C=O) groups excluding carboxylic acids is 16. The number of hydrogen-bond acceptors (Lipinski definition) is 24. The third-order valence-electron chi connectivity index (χ3n) is 19.2. The first-order chi connectivity index (χ1) is 56.4. The van der Waals surface area contributed by atoms with E-state index in [1.54, 1.807) is 27.7 Å². The van der Waals surface area contributed by atoms with E-state index in [1.807, 2.05) is 0 Å². The zero-order valence-corrected chi connectivity index (χ0v) is 67.5. The maximum absolute atomic E-state index is 14.8. The number of amides is 16. The second-order valence-corrected chi connectivity index (χ2v) is 29.2. The van der Waals surface area contributed by atoms with Crippen molar-refractivity contribution in [2.24, 2.45) is 34.8 Å². The Morgan fingerprint density at radius 2 is 0.975 bits per heavy atom. The van der Waals surface area contributed by atoms with Crippen LogP contribution in [-0.2, 0) is 101 Å². The predicted molar refractivity (Wildman–Crippen MR) is 427 cm³/mol. The lowest BCUT2D eigenvalue weighted by Gasteiger charge is -2.32. The van der Waals surface area contributed by atoms with Gasteiger partial charge in [0, 0.05) is 63.6 Å². The van der Waals surface area contributed by atoms with Gasteiger partial charge in [0.25, 0.3) is 0 Å². The molecule has 46 nitrogen and oxygen atoms in total. The second kappa shape index (κ2) is 48.7. The number of phenols is 1. The van der Waals surface area contributed by atoms with Crippen LogP contribution in [0.5, 0.6) is 5.75 Å². The Morgan fingerprint density at radius 3 is 1.47 bits per heavy atom. The Labute approximate surface area is 689 Å². The van der Waals surface area contributed by atoms with Crippen LogP contribution in [0.3, 0.4) is 0 Å². The van der Waals surface area contributed by atoms with Crippen LogP contribution in [0, 0.1) is 22.7 Å². The van der Waals surface area contributed by atoms with Crippen molar-refractivity contribution in [2.75, 3.05) is 58.1 Å². The normalized spacial score (nSPS) is 16.3. The number of carbonyl (C=O) groups is 17. The van der Waals surface area contributed by atoms with E-state index in [4.69, 9.17) is 38.9 Å². The van der Waals surface area contributed by atoms with Crippen molar-refractivity contribution < 1.29 is 91.7 Å². The van der Waals surface area contributed by atoms with Gasteiger partial charge in [0.05, 0.1) is 56.1 Å². The molecule has 1 aromatic carbocycles. The number of rotatable bonds is 49. The summed E-state index contributed by atoms with van der Waals surface area (Å²) in [7, 11) is 0.